The predicted octanol–water partition coefficient (Wildman–Crippen LogP) is 3.33. The maximum atomic E-state index is 12.3. The topological polar surface area (TPSA) is 111 Å². The molecule has 8 heteroatoms. The molecule has 30 heavy (non-hydrogen) atoms. The largest absolute Gasteiger partial charge is 0.790 e. The van der Waals surface area contributed by atoms with Gasteiger partial charge in [0.1, 0.15) is 5.78 Å². The molecule has 4 rings (SSSR count). The summed E-state index contributed by atoms with van der Waals surface area (Å²) in [6, 6.07) is 0. The monoisotopic (exact) mass is 437 g/mol. The maximum absolute atomic E-state index is 12.3. The van der Waals surface area contributed by atoms with Crippen LogP contribution in [-0.2, 0) is 18.7 Å². The van der Waals surface area contributed by atoms with Gasteiger partial charge in [-0.15, -0.1) is 0 Å². The Morgan fingerprint density at radius 3 is 2.63 bits per heavy atom. The smallest absolute Gasteiger partial charge is 0.220 e. The molecule has 3 fully saturated rings. The number of oxime groups is 1. The van der Waals surface area contributed by atoms with Crippen LogP contribution < -0.4 is 9.79 Å². The number of hydrogen-bond acceptors (Lipinski definition) is 7. The summed E-state index contributed by atoms with van der Waals surface area (Å²) in [6.07, 6.45) is 10.6. The summed E-state index contributed by atoms with van der Waals surface area (Å²) in [5.74, 6) is 2.57. The van der Waals surface area contributed by atoms with Crippen molar-refractivity contribution in [3.05, 3.63) is 11.6 Å². The molecule has 0 radical (unpaired) electrons. The van der Waals surface area contributed by atoms with E-state index >= 15 is 0 Å². The van der Waals surface area contributed by atoms with E-state index in [0.717, 1.165) is 44.2 Å². The molecule has 0 aromatic rings. The molecule has 0 saturated heterocycles. The van der Waals surface area contributed by atoms with Crippen LogP contribution in [0.4, 0.5) is 0 Å². The highest BCUT2D eigenvalue weighted by molar-refractivity contribution is 7.43. The molecule has 7 nitrogen and oxygen atoms in total. The Morgan fingerprint density at radius 2 is 1.93 bits per heavy atom. The molecule has 0 N–H and O–H groups in total. The van der Waals surface area contributed by atoms with Crippen LogP contribution in [0.2, 0.25) is 0 Å². The molecule has 168 valence electrons. The van der Waals surface area contributed by atoms with Crippen molar-refractivity contribution in [3.63, 3.8) is 0 Å². The lowest BCUT2D eigenvalue weighted by Gasteiger charge is -2.58. The first kappa shape index (κ1) is 22.2. The van der Waals surface area contributed by atoms with Gasteiger partial charge < -0.3 is 23.7 Å². The van der Waals surface area contributed by atoms with Crippen LogP contribution in [0.3, 0.4) is 0 Å². The molecule has 0 heterocycles. The van der Waals surface area contributed by atoms with Gasteiger partial charge in [-0.2, -0.15) is 0 Å². The van der Waals surface area contributed by atoms with Crippen molar-refractivity contribution in [1.29, 1.82) is 0 Å². The Bertz CT molecular complexity index is 818. The molecule has 0 aromatic carbocycles. The number of carbonyl (C=O) groups is 1. The molecule has 0 aromatic heterocycles. The number of phosphoric ester groups is 1. The Kier molecular flexibility index (Phi) is 5.80. The Labute approximate surface area is 178 Å². The van der Waals surface area contributed by atoms with E-state index < -0.39 is 14.6 Å². The molecular weight excluding hydrogens is 405 g/mol. The highest BCUT2D eigenvalue weighted by atomic mass is 31.2. The van der Waals surface area contributed by atoms with Gasteiger partial charge in [-0.3, -0.25) is 4.79 Å². The zero-order chi connectivity index (χ0) is 21.7. The van der Waals surface area contributed by atoms with Gasteiger partial charge in [0, 0.05) is 5.92 Å². The third kappa shape index (κ3) is 3.83. The SMILES string of the molecule is CC(=O)C1CCC2C3CCC4=CC(=NOCOP(=O)([O-])[O-])CCC4(C)C3CCC12C. The van der Waals surface area contributed by atoms with Crippen molar-refractivity contribution in [3.8, 4) is 0 Å². The average Bonchev–Trinajstić information content (AvgIpc) is 3.02. The van der Waals surface area contributed by atoms with Gasteiger partial charge in [0.25, 0.3) is 0 Å². The average molecular weight is 437 g/mol. The molecule has 0 spiro atoms. The maximum Gasteiger partial charge on any atom is 0.220 e. The molecule has 0 bridgehead atoms. The Hall–Kier alpha value is -1.01. The molecule has 0 aliphatic heterocycles. The molecule has 3 saturated carbocycles. The van der Waals surface area contributed by atoms with Crippen molar-refractivity contribution in [1.82, 2.24) is 0 Å². The van der Waals surface area contributed by atoms with Gasteiger partial charge in [0.2, 0.25) is 6.79 Å². The lowest BCUT2D eigenvalue weighted by molar-refractivity contribution is -0.346. The number of hydrogen-bond donors (Lipinski definition) is 0. The van der Waals surface area contributed by atoms with Gasteiger partial charge in [-0.05, 0) is 93.0 Å². The molecular formula is C22H32NO6P-2. The van der Waals surface area contributed by atoms with Crippen LogP contribution in [-0.4, -0.2) is 18.3 Å². The zero-order valence-electron chi connectivity index (χ0n) is 18.1. The lowest BCUT2D eigenvalue weighted by Crippen LogP contribution is -2.51. The number of rotatable bonds is 5. The number of fused-ring (bicyclic) bond motifs is 5. The van der Waals surface area contributed by atoms with Crippen molar-refractivity contribution >= 4 is 19.3 Å². The first-order valence-electron chi connectivity index (χ1n) is 11.1. The first-order valence-corrected chi connectivity index (χ1v) is 12.6. The summed E-state index contributed by atoms with van der Waals surface area (Å²) < 4.78 is 14.6. The molecule has 4 aliphatic rings. The van der Waals surface area contributed by atoms with E-state index in [1.807, 2.05) is 0 Å². The second-order valence-electron chi connectivity index (χ2n) is 10.2. The van der Waals surface area contributed by atoms with E-state index in [9.17, 15) is 19.1 Å². The van der Waals surface area contributed by atoms with Gasteiger partial charge in [0.15, 0.2) is 0 Å². The lowest BCUT2D eigenvalue weighted by atomic mass is 9.46. The number of Topliss-reactive ketones (excluding diaryl/α,β-unsaturated/α-hetero) is 1. The first-order chi connectivity index (χ1) is 14.0. The second-order valence-corrected chi connectivity index (χ2v) is 11.3. The number of carbonyl (C=O) groups excluding carboxylic acids is 1. The third-order valence-corrected chi connectivity index (χ3v) is 9.34. The van der Waals surface area contributed by atoms with E-state index in [2.05, 4.69) is 29.6 Å². The minimum absolute atomic E-state index is 0.147. The van der Waals surface area contributed by atoms with Crippen LogP contribution in [0.5, 0.6) is 0 Å². The van der Waals surface area contributed by atoms with Gasteiger partial charge in [-0.1, -0.05) is 24.6 Å². The summed E-state index contributed by atoms with van der Waals surface area (Å²) in [4.78, 5) is 38.1. The number of ketones is 1. The summed E-state index contributed by atoms with van der Waals surface area (Å²) in [7, 11) is -5.04. The van der Waals surface area contributed by atoms with Gasteiger partial charge >= 0.3 is 0 Å². The Balaban J connectivity index is 1.48. The normalized spacial score (nSPS) is 42.2. The number of phosphoric acid groups is 1. The van der Waals surface area contributed by atoms with Crippen LogP contribution in [0, 0.1) is 34.5 Å². The fourth-order valence-corrected chi connectivity index (χ4v) is 7.68. The molecule has 6 unspecified atom stereocenters. The second kappa shape index (κ2) is 7.84. The van der Waals surface area contributed by atoms with Crippen LogP contribution in [0.15, 0.2) is 16.8 Å². The summed E-state index contributed by atoms with van der Waals surface area (Å²) >= 11 is 0. The van der Waals surface area contributed by atoms with Gasteiger partial charge in [0.05, 0.1) is 13.5 Å². The zero-order valence-corrected chi connectivity index (χ0v) is 19.0. The summed E-state index contributed by atoms with van der Waals surface area (Å²) in [5, 5.41) is 3.98. The third-order valence-electron chi connectivity index (χ3n) is 8.91. The molecule has 0 amide bonds. The fourth-order valence-electron chi connectivity index (χ4n) is 7.51. The standard InChI is InChI=1S/C22H34NO6P/c1-14(24)18-6-7-19-17-5-4-15-12-16(23-28-13-29-30(25,26)27)8-10-21(15,2)20(17)9-11-22(18,19)3/h12,17-20H,4-11,13H2,1-3H3,(H2,25,26,27)/p-2. The number of nitrogens with zero attached hydrogens (tertiary/aromatic N) is 1. The summed E-state index contributed by atoms with van der Waals surface area (Å²) in [6.45, 7) is 5.85. The van der Waals surface area contributed by atoms with E-state index in [-0.39, 0.29) is 16.7 Å². The quantitative estimate of drug-likeness (QED) is 0.282. The van der Waals surface area contributed by atoms with E-state index in [1.165, 1.54) is 18.4 Å². The van der Waals surface area contributed by atoms with Crippen LogP contribution >= 0.6 is 7.82 Å². The van der Waals surface area contributed by atoms with Gasteiger partial charge in [-0.25, -0.2) is 0 Å². The number of allylic oxidation sites excluding steroid dienone is 2. The van der Waals surface area contributed by atoms with E-state index in [4.69, 9.17) is 4.84 Å². The fraction of sp³-hybridized carbons (Fsp3) is 0.818. The predicted molar refractivity (Wildman–Crippen MR) is 108 cm³/mol. The highest BCUT2D eigenvalue weighted by Crippen LogP contribution is 2.66. The van der Waals surface area contributed by atoms with E-state index in [0.29, 0.717) is 23.5 Å². The highest BCUT2D eigenvalue weighted by Gasteiger charge is 2.59. The van der Waals surface area contributed by atoms with Crippen molar-refractivity contribution < 1.29 is 28.5 Å². The van der Waals surface area contributed by atoms with Crippen molar-refractivity contribution in [2.45, 2.75) is 72.1 Å². The van der Waals surface area contributed by atoms with E-state index in [1.54, 1.807) is 6.92 Å². The van der Waals surface area contributed by atoms with Crippen molar-refractivity contribution in [2.75, 3.05) is 6.79 Å². The van der Waals surface area contributed by atoms with Crippen LogP contribution in [0.1, 0.15) is 72.1 Å². The minimum Gasteiger partial charge on any atom is -0.790 e. The van der Waals surface area contributed by atoms with Crippen molar-refractivity contribution in [2.24, 2.45) is 39.7 Å². The minimum atomic E-state index is -5.04. The molecule has 6 atom stereocenters. The molecule has 4 aliphatic carbocycles. The Morgan fingerprint density at radius 1 is 1.17 bits per heavy atom. The van der Waals surface area contributed by atoms with Crippen LogP contribution in [0.25, 0.3) is 0 Å². The summed E-state index contributed by atoms with van der Waals surface area (Å²) in [5.41, 5.74) is 2.49.